The summed E-state index contributed by atoms with van der Waals surface area (Å²) in [6.07, 6.45) is 2.35. The molecule has 3 aromatic rings. The number of ether oxygens (including phenoxy) is 2. The van der Waals surface area contributed by atoms with Crippen LogP contribution in [0.15, 0.2) is 29.3 Å². The quantitative estimate of drug-likeness (QED) is 0.549. The molecule has 0 saturated heterocycles. The summed E-state index contributed by atoms with van der Waals surface area (Å²) < 4.78 is 10.9. The number of nitrogens with zero attached hydrogens (tertiary/aromatic N) is 1. The minimum absolute atomic E-state index is 0.0178. The highest BCUT2D eigenvalue weighted by atomic mass is 16.5. The van der Waals surface area contributed by atoms with Gasteiger partial charge in [-0.25, -0.2) is 9.59 Å². The van der Waals surface area contributed by atoms with Crippen LogP contribution in [-0.2, 0) is 16.5 Å². The standard InChI is InChI=1S/C18H16N2O6/c1-20-11-5-4-9(6-7-21)8-10(11)12-13(16(20)22)15(18(24)26-3)19-14(12)17(23)25-2/h4-8,19,21H,1-3H3. The molecule has 0 spiro atoms. The van der Waals surface area contributed by atoms with Gasteiger partial charge in [0.15, 0.2) is 0 Å². The highest BCUT2D eigenvalue weighted by Gasteiger charge is 2.26. The van der Waals surface area contributed by atoms with E-state index in [2.05, 4.69) is 4.98 Å². The largest absolute Gasteiger partial charge is 0.516 e. The van der Waals surface area contributed by atoms with E-state index in [1.54, 1.807) is 25.2 Å². The number of hydrogen-bond donors (Lipinski definition) is 2. The number of carbonyl (C=O) groups excluding carboxylic acids is 2. The molecule has 0 aliphatic heterocycles. The Morgan fingerprint density at radius 3 is 2.31 bits per heavy atom. The molecule has 0 unspecified atom stereocenters. The summed E-state index contributed by atoms with van der Waals surface area (Å²) in [6, 6.07) is 5.11. The van der Waals surface area contributed by atoms with Gasteiger partial charge >= 0.3 is 11.9 Å². The van der Waals surface area contributed by atoms with Gasteiger partial charge < -0.3 is 24.1 Å². The van der Waals surface area contributed by atoms with Crippen molar-refractivity contribution in [2.45, 2.75) is 0 Å². The Morgan fingerprint density at radius 1 is 1.12 bits per heavy atom. The molecule has 134 valence electrons. The summed E-state index contributed by atoms with van der Waals surface area (Å²) in [7, 11) is 3.95. The smallest absolute Gasteiger partial charge is 0.355 e. The molecule has 0 bridgehead atoms. The molecule has 0 saturated carbocycles. The SMILES string of the molecule is COC(=O)c1[nH]c(C(=O)OC)c2c1c(=O)n(C)c1ccc(C=CO)cc21. The van der Waals surface area contributed by atoms with Crippen molar-refractivity contribution in [2.75, 3.05) is 14.2 Å². The van der Waals surface area contributed by atoms with Crippen LogP contribution in [0.1, 0.15) is 26.5 Å². The first kappa shape index (κ1) is 17.3. The number of pyridine rings is 1. The fourth-order valence-corrected chi connectivity index (χ4v) is 3.01. The lowest BCUT2D eigenvalue weighted by atomic mass is 10.0. The Bertz CT molecular complexity index is 1140. The van der Waals surface area contributed by atoms with Crippen LogP contribution in [0.2, 0.25) is 0 Å². The first-order valence-corrected chi connectivity index (χ1v) is 7.60. The van der Waals surface area contributed by atoms with E-state index in [9.17, 15) is 14.4 Å². The Morgan fingerprint density at radius 2 is 1.73 bits per heavy atom. The second-order valence-electron chi connectivity index (χ2n) is 5.56. The third kappa shape index (κ3) is 2.43. The Kier molecular flexibility index (Phi) is 4.25. The Balaban J connectivity index is 2.61. The molecular weight excluding hydrogens is 340 g/mol. The van der Waals surface area contributed by atoms with Gasteiger partial charge in [-0.3, -0.25) is 4.79 Å². The summed E-state index contributed by atoms with van der Waals surface area (Å²) in [5.74, 6) is -1.49. The van der Waals surface area contributed by atoms with Crippen LogP contribution in [0, 0.1) is 0 Å². The average molecular weight is 356 g/mol. The summed E-state index contributed by atoms with van der Waals surface area (Å²) in [5.41, 5.74) is 0.615. The molecule has 0 atom stereocenters. The van der Waals surface area contributed by atoms with Crippen molar-refractivity contribution in [1.29, 1.82) is 0 Å². The minimum Gasteiger partial charge on any atom is -0.516 e. The maximum Gasteiger partial charge on any atom is 0.355 e. The van der Waals surface area contributed by atoms with Crippen LogP contribution in [0.5, 0.6) is 0 Å². The minimum atomic E-state index is -0.770. The Hall–Kier alpha value is -3.55. The summed E-state index contributed by atoms with van der Waals surface area (Å²) >= 11 is 0. The van der Waals surface area contributed by atoms with Crippen molar-refractivity contribution < 1.29 is 24.2 Å². The molecule has 2 aromatic heterocycles. The molecule has 2 N–H and O–H groups in total. The lowest BCUT2D eigenvalue weighted by Crippen LogP contribution is -2.19. The number of methoxy groups -OCH3 is 2. The lowest BCUT2D eigenvalue weighted by molar-refractivity contribution is 0.0592. The van der Waals surface area contributed by atoms with E-state index in [1.807, 2.05) is 0 Å². The number of aromatic amines is 1. The predicted molar refractivity (Wildman–Crippen MR) is 95.4 cm³/mol. The van der Waals surface area contributed by atoms with Gasteiger partial charge in [-0.1, -0.05) is 6.07 Å². The fourth-order valence-electron chi connectivity index (χ4n) is 3.01. The number of fused-ring (bicyclic) bond motifs is 3. The van der Waals surface area contributed by atoms with E-state index in [0.717, 1.165) is 6.26 Å². The van der Waals surface area contributed by atoms with E-state index < -0.39 is 17.5 Å². The number of aromatic nitrogens is 2. The monoisotopic (exact) mass is 356 g/mol. The Labute approximate surface area is 147 Å². The molecular formula is C18H16N2O6. The zero-order valence-corrected chi connectivity index (χ0v) is 14.3. The summed E-state index contributed by atoms with van der Waals surface area (Å²) in [6.45, 7) is 0. The van der Waals surface area contributed by atoms with Crippen molar-refractivity contribution >= 4 is 39.7 Å². The molecule has 0 aliphatic carbocycles. The van der Waals surface area contributed by atoms with E-state index >= 15 is 0 Å². The molecule has 8 heteroatoms. The maximum absolute atomic E-state index is 12.8. The third-order valence-electron chi connectivity index (χ3n) is 4.22. The molecule has 0 aliphatic rings. The number of carbonyl (C=O) groups is 2. The van der Waals surface area contributed by atoms with Gasteiger partial charge in [0.25, 0.3) is 5.56 Å². The number of hydrogen-bond acceptors (Lipinski definition) is 6. The number of aliphatic hydroxyl groups excluding tert-OH is 1. The number of esters is 2. The molecule has 0 fully saturated rings. The average Bonchev–Trinajstić information content (AvgIpc) is 3.06. The predicted octanol–water partition coefficient (Wildman–Crippen LogP) is 2.12. The zero-order chi connectivity index (χ0) is 19.0. The van der Waals surface area contributed by atoms with Crippen molar-refractivity contribution in [3.8, 4) is 0 Å². The second kappa shape index (κ2) is 6.40. The number of nitrogens with one attached hydrogen (secondary N) is 1. The number of rotatable bonds is 3. The topological polar surface area (TPSA) is 111 Å². The van der Waals surface area contributed by atoms with Gasteiger partial charge in [0.2, 0.25) is 0 Å². The van der Waals surface area contributed by atoms with Gasteiger partial charge in [-0.2, -0.15) is 0 Å². The van der Waals surface area contributed by atoms with Crippen LogP contribution < -0.4 is 5.56 Å². The molecule has 1 aromatic carbocycles. The van der Waals surface area contributed by atoms with Crippen molar-refractivity contribution in [2.24, 2.45) is 7.05 Å². The first-order valence-electron chi connectivity index (χ1n) is 7.60. The van der Waals surface area contributed by atoms with Crippen molar-refractivity contribution in [3.05, 3.63) is 51.8 Å². The van der Waals surface area contributed by atoms with Crippen LogP contribution in [0.25, 0.3) is 27.8 Å². The zero-order valence-electron chi connectivity index (χ0n) is 14.3. The first-order chi connectivity index (χ1) is 12.4. The number of benzene rings is 1. The molecule has 8 nitrogen and oxygen atoms in total. The lowest BCUT2D eigenvalue weighted by Gasteiger charge is -2.09. The van der Waals surface area contributed by atoms with Gasteiger partial charge in [-0.15, -0.1) is 0 Å². The normalized spacial score (nSPS) is 11.3. The number of aliphatic hydroxyl groups is 1. The number of aryl methyl sites for hydroxylation is 1. The van der Waals surface area contributed by atoms with E-state index in [-0.39, 0.29) is 22.2 Å². The van der Waals surface area contributed by atoms with Gasteiger partial charge in [-0.05, 0) is 23.8 Å². The van der Waals surface area contributed by atoms with Gasteiger partial charge in [0.05, 0.1) is 31.4 Å². The molecule has 2 heterocycles. The van der Waals surface area contributed by atoms with Crippen LogP contribution in [0.4, 0.5) is 0 Å². The van der Waals surface area contributed by atoms with Crippen molar-refractivity contribution in [1.82, 2.24) is 9.55 Å². The van der Waals surface area contributed by atoms with Gasteiger partial charge in [0, 0.05) is 17.8 Å². The summed E-state index contributed by atoms with van der Waals surface area (Å²) in [5, 5.41) is 9.87. The number of H-pyrrole nitrogens is 1. The molecule has 26 heavy (non-hydrogen) atoms. The second-order valence-corrected chi connectivity index (χ2v) is 5.56. The van der Waals surface area contributed by atoms with E-state index in [1.165, 1.54) is 24.9 Å². The molecule has 0 radical (unpaired) electrons. The van der Waals surface area contributed by atoms with E-state index in [4.69, 9.17) is 14.6 Å². The fraction of sp³-hybridized carbons (Fsp3) is 0.167. The van der Waals surface area contributed by atoms with Crippen LogP contribution in [-0.4, -0.2) is 40.8 Å². The highest BCUT2D eigenvalue weighted by Crippen LogP contribution is 2.30. The van der Waals surface area contributed by atoms with E-state index in [0.29, 0.717) is 16.5 Å². The van der Waals surface area contributed by atoms with Gasteiger partial charge in [0.1, 0.15) is 11.4 Å². The molecule has 3 rings (SSSR count). The van der Waals surface area contributed by atoms with Crippen LogP contribution >= 0.6 is 0 Å². The third-order valence-corrected chi connectivity index (χ3v) is 4.22. The van der Waals surface area contributed by atoms with Crippen LogP contribution in [0.3, 0.4) is 0 Å². The summed E-state index contributed by atoms with van der Waals surface area (Å²) in [4.78, 5) is 39.9. The molecule has 0 amide bonds. The highest BCUT2D eigenvalue weighted by molar-refractivity contribution is 6.20. The maximum atomic E-state index is 12.8. The van der Waals surface area contributed by atoms with Crippen molar-refractivity contribution in [3.63, 3.8) is 0 Å².